The predicted octanol–water partition coefficient (Wildman–Crippen LogP) is 7.32. The molecule has 1 aliphatic heterocycles. The molecule has 2 unspecified atom stereocenters. The van der Waals surface area contributed by atoms with Crippen LogP contribution in [-0.4, -0.2) is 31.4 Å². The summed E-state index contributed by atoms with van der Waals surface area (Å²) in [4.78, 5) is 12.0. The Morgan fingerprint density at radius 1 is 1.00 bits per heavy atom. The highest BCUT2D eigenvalue weighted by Crippen LogP contribution is 2.47. The highest BCUT2D eigenvalue weighted by atomic mass is 16.7. The summed E-state index contributed by atoms with van der Waals surface area (Å²) in [6.45, 7) is 15.2. The van der Waals surface area contributed by atoms with E-state index < -0.39 is 18.3 Å². The van der Waals surface area contributed by atoms with Crippen molar-refractivity contribution in [1.82, 2.24) is 0 Å². The number of aryl methyl sites for hydroxylation is 1. The van der Waals surface area contributed by atoms with E-state index in [0.29, 0.717) is 11.5 Å². The van der Waals surface area contributed by atoms with E-state index in [-0.39, 0.29) is 17.9 Å². The zero-order valence-corrected chi connectivity index (χ0v) is 23.3. The molecule has 2 aliphatic rings. The molecule has 1 aliphatic carbocycles. The fraction of sp³-hybridized carbons (Fsp3) is 0.516. The number of rotatable bonds is 8. The normalized spacial score (nSPS) is 20.8. The molecule has 1 saturated carbocycles. The third kappa shape index (κ3) is 5.81. The Bertz CT molecular complexity index is 1090. The molecule has 0 amide bonds. The molecule has 1 saturated heterocycles. The van der Waals surface area contributed by atoms with Crippen LogP contribution < -0.4 is 5.32 Å². The topological polar surface area (TPSA) is 56.8 Å². The molecule has 1 N–H and O–H groups in total. The van der Waals surface area contributed by atoms with Gasteiger partial charge in [0.2, 0.25) is 0 Å². The molecule has 0 aromatic heterocycles. The average Bonchev–Trinajstić information content (AvgIpc) is 3.11. The Morgan fingerprint density at radius 2 is 1.59 bits per heavy atom. The molecule has 2 aromatic rings. The summed E-state index contributed by atoms with van der Waals surface area (Å²) in [5.74, 6) is 0.235. The smallest absolute Gasteiger partial charge is 0.465 e. The van der Waals surface area contributed by atoms with Crippen LogP contribution in [0.1, 0.15) is 87.3 Å². The standard InChI is InChI=1S/C31H42BNO4/c1-21-13-11-12-16-26(21)28(33-25-19-17-24(18-20-25)29(34)35-7)27(23-14-9-8-10-15-23)22(2)32-36-30(3,4)31(5,6)37-32/h11-13,16-20,23,27-28,33H,2,8-10,14-15H2,1,3-7H3. The van der Waals surface area contributed by atoms with Crippen molar-refractivity contribution in [1.29, 1.82) is 0 Å². The van der Waals surface area contributed by atoms with Crippen LogP contribution in [-0.2, 0) is 14.0 Å². The Balaban J connectivity index is 1.74. The quantitative estimate of drug-likeness (QED) is 0.302. The number of hydrogen-bond donors (Lipinski definition) is 1. The first-order chi connectivity index (χ1) is 17.5. The minimum Gasteiger partial charge on any atom is -0.465 e. The third-order valence-electron chi connectivity index (χ3n) is 8.65. The Labute approximate surface area is 223 Å². The number of carbonyl (C=O) groups excluding carboxylic acids is 1. The number of nitrogens with one attached hydrogen (secondary N) is 1. The second-order valence-electron chi connectivity index (χ2n) is 11.6. The zero-order valence-electron chi connectivity index (χ0n) is 23.3. The van der Waals surface area contributed by atoms with Crippen LogP contribution in [0.4, 0.5) is 5.69 Å². The molecule has 6 heteroatoms. The Hall–Kier alpha value is -2.57. The van der Waals surface area contributed by atoms with Crippen LogP contribution in [0.3, 0.4) is 0 Å². The summed E-state index contributed by atoms with van der Waals surface area (Å²) in [6, 6.07) is 16.1. The summed E-state index contributed by atoms with van der Waals surface area (Å²) in [6.07, 6.45) is 6.06. The number of methoxy groups -OCH3 is 1. The van der Waals surface area contributed by atoms with E-state index in [9.17, 15) is 4.79 Å². The van der Waals surface area contributed by atoms with Gasteiger partial charge in [0.1, 0.15) is 0 Å². The maximum Gasteiger partial charge on any atom is 0.490 e. The number of anilines is 1. The molecule has 2 atom stereocenters. The van der Waals surface area contributed by atoms with Crippen LogP contribution in [0.15, 0.2) is 60.6 Å². The largest absolute Gasteiger partial charge is 0.490 e. The first-order valence-corrected chi connectivity index (χ1v) is 13.6. The van der Waals surface area contributed by atoms with Crippen LogP contribution in [0.2, 0.25) is 0 Å². The number of benzene rings is 2. The van der Waals surface area contributed by atoms with Crippen LogP contribution in [0, 0.1) is 18.8 Å². The van der Waals surface area contributed by atoms with E-state index in [1.165, 1.54) is 37.5 Å². The lowest BCUT2D eigenvalue weighted by atomic mass is 9.61. The van der Waals surface area contributed by atoms with E-state index in [1.54, 1.807) is 0 Å². The van der Waals surface area contributed by atoms with Gasteiger partial charge >= 0.3 is 13.1 Å². The van der Waals surface area contributed by atoms with Gasteiger partial charge in [0, 0.05) is 11.6 Å². The first kappa shape index (κ1) is 27.5. The molecular weight excluding hydrogens is 461 g/mol. The average molecular weight is 503 g/mol. The predicted molar refractivity (Wildman–Crippen MR) is 151 cm³/mol. The molecule has 1 heterocycles. The molecule has 0 bridgehead atoms. The highest BCUT2D eigenvalue weighted by Gasteiger charge is 2.54. The fourth-order valence-electron chi connectivity index (χ4n) is 5.73. The van der Waals surface area contributed by atoms with Gasteiger partial charge in [-0.05, 0) is 94.2 Å². The van der Waals surface area contributed by atoms with Gasteiger partial charge in [-0.1, -0.05) is 43.5 Å². The van der Waals surface area contributed by atoms with Crippen LogP contribution >= 0.6 is 0 Å². The van der Waals surface area contributed by atoms with Crippen molar-refractivity contribution >= 4 is 18.8 Å². The van der Waals surface area contributed by atoms with Crippen LogP contribution in [0.25, 0.3) is 0 Å². The van der Waals surface area contributed by atoms with Gasteiger partial charge in [-0.25, -0.2) is 4.79 Å². The van der Waals surface area contributed by atoms with E-state index in [2.05, 4.69) is 70.8 Å². The Kier molecular flexibility index (Phi) is 8.20. The monoisotopic (exact) mass is 503 g/mol. The summed E-state index contributed by atoms with van der Waals surface area (Å²) in [5.41, 5.74) is 4.11. The molecule has 0 spiro atoms. The second-order valence-corrected chi connectivity index (χ2v) is 11.6. The van der Waals surface area contributed by atoms with Gasteiger partial charge in [-0.15, -0.1) is 6.58 Å². The maximum absolute atomic E-state index is 12.0. The maximum atomic E-state index is 12.0. The van der Waals surface area contributed by atoms with Crippen molar-refractivity contribution in [3.8, 4) is 0 Å². The van der Waals surface area contributed by atoms with Crippen molar-refractivity contribution in [3.05, 3.63) is 77.3 Å². The molecule has 0 radical (unpaired) electrons. The van der Waals surface area contributed by atoms with Gasteiger partial charge in [0.05, 0.1) is 29.9 Å². The lowest BCUT2D eigenvalue weighted by Gasteiger charge is -2.39. The fourth-order valence-corrected chi connectivity index (χ4v) is 5.73. The summed E-state index contributed by atoms with van der Waals surface area (Å²) in [7, 11) is 0.936. The van der Waals surface area contributed by atoms with Crippen molar-refractivity contribution in [3.63, 3.8) is 0 Å². The van der Waals surface area contributed by atoms with Gasteiger partial charge in [-0.2, -0.15) is 0 Å². The van der Waals surface area contributed by atoms with Crippen molar-refractivity contribution < 1.29 is 18.8 Å². The zero-order chi connectivity index (χ0) is 26.8. The van der Waals surface area contributed by atoms with Crippen molar-refractivity contribution in [2.45, 2.75) is 84.0 Å². The van der Waals surface area contributed by atoms with E-state index in [1.807, 2.05) is 24.3 Å². The molecule has 4 rings (SSSR count). The highest BCUT2D eigenvalue weighted by molar-refractivity contribution is 6.54. The molecule has 37 heavy (non-hydrogen) atoms. The van der Waals surface area contributed by atoms with Crippen molar-refractivity contribution in [2.24, 2.45) is 11.8 Å². The number of hydrogen-bond acceptors (Lipinski definition) is 5. The summed E-state index contributed by atoms with van der Waals surface area (Å²) >= 11 is 0. The Morgan fingerprint density at radius 3 is 2.16 bits per heavy atom. The van der Waals surface area contributed by atoms with Gasteiger partial charge < -0.3 is 19.4 Å². The summed E-state index contributed by atoms with van der Waals surface area (Å²) < 4.78 is 17.9. The lowest BCUT2D eigenvalue weighted by molar-refractivity contribution is 0.00578. The van der Waals surface area contributed by atoms with Crippen molar-refractivity contribution in [2.75, 3.05) is 12.4 Å². The first-order valence-electron chi connectivity index (χ1n) is 13.6. The van der Waals surface area contributed by atoms with Gasteiger partial charge in [0.15, 0.2) is 0 Å². The second kappa shape index (κ2) is 11.0. The number of esters is 1. The minimum absolute atomic E-state index is 0.0280. The molecule has 198 valence electrons. The van der Waals surface area contributed by atoms with E-state index in [4.69, 9.17) is 14.0 Å². The summed E-state index contributed by atoms with van der Waals surface area (Å²) in [5, 5.41) is 3.84. The van der Waals surface area contributed by atoms with E-state index in [0.717, 1.165) is 24.0 Å². The minimum atomic E-state index is -0.466. The third-order valence-corrected chi connectivity index (χ3v) is 8.65. The number of ether oxygens (including phenoxy) is 1. The SMILES string of the molecule is C=C(B1OC(C)(C)C(C)(C)O1)C(C1CCCCC1)C(Nc1ccc(C(=O)OC)cc1)c1ccccc1C. The number of carbonyl (C=O) groups is 1. The lowest BCUT2D eigenvalue weighted by Crippen LogP contribution is -2.41. The molecular formula is C31H42BNO4. The van der Waals surface area contributed by atoms with Gasteiger partial charge in [-0.3, -0.25) is 0 Å². The molecule has 2 fully saturated rings. The van der Waals surface area contributed by atoms with Gasteiger partial charge in [0.25, 0.3) is 0 Å². The van der Waals surface area contributed by atoms with E-state index >= 15 is 0 Å². The molecule has 2 aromatic carbocycles. The molecule has 5 nitrogen and oxygen atoms in total. The van der Waals surface area contributed by atoms with Crippen LogP contribution in [0.5, 0.6) is 0 Å².